The third-order valence-electron chi connectivity index (χ3n) is 4.76. The third-order valence-corrected chi connectivity index (χ3v) is 4.76. The van der Waals surface area contributed by atoms with Crippen molar-refractivity contribution in [2.45, 2.75) is 78.0 Å². The van der Waals surface area contributed by atoms with Crippen molar-refractivity contribution in [3.63, 3.8) is 0 Å². The van der Waals surface area contributed by atoms with Gasteiger partial charge in [0.05, 0.1) is 6.10 Å². The van der Waals surface area contributed by atoms with Crippen molar-refractivity contribution in [3.05, 3.63) is 0 Å². The SMILES string of the molecule is CC(C)(C)OC(=O)N1CC[C@H](NCC[C@H]2CCCO2)C(C)(C)C1. The molecule has 0 aromatic heterocycles. The second-order valence-electron chi connectivity index (χ2n) is 8.61. The Kier molecular flexibility index (Phi) is 5.95. The van der Waals surface area contributed by atoms with Gasteiger partial charge in [-0.25, -0.2) is 4.79 Å². The van der Waals surface area contributed by atoms with E-state index in [9.17, 15) is 4.79 Å². The molecule has 5 heteroatoms. The fourth-order valence-electron chi connectivity index (χ4n) is 3.51. The monoisotopic (exact) mass is 326 g/mol. The summed E-state index contributed by atoms with van der Waals surface area (Å²) in [7, 11) is 0. The van der Waals surface area contributed by atoms with Crippen molar-refractivity contribution < 1.29 is 14.3 Å². The summed E-state index contributed by atoms with van der Waals surface area (Å²) >= 11 is 0. The van der Waals surface area contributed by atoms with Crippen molar-refractivity contribution in [1.82, 2.24) is 10.2 Å². The van der Waals surface area contributed by atoms with E-state index in [2.05, 4.69) is 19.2 Å². The van der Waals surface area contributed by atoms with Crippen LogP contribution in [0, 0.1) is 5.41 Å². The third kappa shape index (κ3) is 5.64. The highest BCUT2D eigenvalue weighted by Crippen LogP contribution is 2.30. The number of rotatable bonds is 4. The number of amides is 1. The minimum absolute atomic E-state index is 0.0473. The van der Waals surface area contributed by atoms with Crippen LogP contribution in [-0.2, 0) is 9.47 Å². The molecule has 2 fully saturated rings. The van der Waals surface area contributed by atoms with E-state index < -0.39 is 5.60 Å². The van der Waals surface area contributed by atoms with E-state index in [0.29, 0.717) is 12.1 Å². The smallest absolute Gasteiger partial charge is 0.410 e. The zero-order chi connectivity index (χ0) is 17.1. The predicted octanol–water partition coefficient (Wildman–Crippen LogP) is 3.18. The molecule has 2 heterocycles. The van der Waals surface area contributed by atoms with Crippen LogP contribution in [0.15, 0.2) is 0 Å². The van der Waals surface area contributed by atoms with Crippen LogP contribution in [-0.4, -0.2) is 55.0 Å². The molecule has 134 valence electrons. The molecule has 0 bridgehead atoms. The molecular weight excluding hydrogens is 292 g/mol. The van der Waals surface area contributed by atoms with E-state index in [4.69, 9.17) is 9.47 Å². The lowest BCUT2D eigenvalue weighted by Gasteiger charge is -2.44. The van der Waals surface area contributed by atoms with Crippen LogP contribution in [0.25, 0.3) is 0 Å². The predicted molar refractivity (Wildman–Crippen MR) is 91.6 cm³/mol. The zero-order valence-electron chi connectivity index (χ0n) is 15.5. The molecule has 2 rings (SSSR count). The summed E-state index contributed by atoms with van der Waals surface area (Å²) < 4.78 is 11.2. The lowest BCUT2D eigenvalue weighted by Crippen LogP contribution is -2.56. The van der Waals surface area contributed by atoms with Crippen LogP contribution in [0.4, 0.5) is 4.79 Å². The van der Waals surface area contributed by atoms with E-state index in [1.807, 2.05) is 25.7 Å². The van der Waals surface area contributed by atoms with Gasteiger partial charge in [0, 0.05) is 25.7 Å². The van der Waals surface area contributed by atoms with Crippen LogP contribution in [0.5, 0.6) is 0 Å². The lowest BCUT2D eigenvalue weighted by atomic mass is 9.79. The zero-order valence-corrected chi connectivity index (χ0v) is 15.5. The van der Waals surface area contributed by atoms with Crippen molar-refractivity contribution in [1.29, 1.82) is 0 Å². The fourth-order valence-corrected chi connectivity index (χ4v) is 3.51. The van der Waals surface area contributed by atoms with Gasteiger partial charge >= 0.3 is 6.09 Å². The molecule has 0 aromatic carbocycles. The number of ether oxygens (including phenoxy) is 2. The Morgan fingerprint density at radius 2 is 2.09 bits per heavy atom. The van der Waals surface area contributed by atoms with Crippen LogP contribution in [0.1, 0.15) is 60.3 Å². The molecule has 2 atom stereocenters. The summed E-state index contributed by atoms with van der Waals surface area (Å²) in [6.07, 6.45) is 4.70. The highest BCUT2D eigenvalue weighted by Gasteiger charge is 2.38. The van der Waals surface area contributed by atoms with E-state index in [-0.39, 0.29) is 11.5 Å². The second kappa shape index (κ2) is 7.39. The van der Waals surface area contributed by atoms with Crippen molar-refractivity contribution in [2.24, 2.45) is 5.41 Å². The van der Waals surface area contributed by atoms with Gasteiger partial charge in [0.15, 0.2) is 0 Å². The second-order valence-corrected chi connectivity index (χ2v) is 8.61. The van der Waals surface area contributed by atoms with Gasteiger partial charge in [-0.15, -0.1) is 0 Å². The Labute approximate surface area is 141 Å². The number of nitrogens with zero attached hydrogens (tertiary/aromatic N) is 1. The molecule has 0 aliphatic carbocycles. The normalized spacial score (nSPS) is 28.0. The average Bonchev–Trinajstić information content (AvgIpc) is 2.91. The Morgan fingerprint density at radius 3 is 2.65 bits per heavy atom. The molecule has 0 spiro atoms. The number of piperidine rings is 1. The first kappa shape index (κ1) is 18.5. The van der Waals surface area contributed by atoms with E-state index in [1.54, 1.807) is 0 Å². The van der Waals surface area contributed by atoms with Gasteiger partial charge in [-0.3, -0.25) is 0 Å². The highest BCUT2D eigenvalue weighted by molar-refractivity contribution is 5.68. The van der Waals surface area contributed by atoms with Gasteiger partial charge in [-0.2, -0.15) is 0 Å². The number of nitrogens with one attached hydrogen (secondary N) is 1. The van der Waals surface area contributed by atoms with Crippen LogP contribution < -0.4 is 5.32 Å². The molecule has 1 amide bonds. The topological polar surface area (TPSA) is 50.8 Å². The first-order valence-corrected chi connectivity index (χ1v) is 9.00. The summed E-state index contributed by atoms with van der Waals surface area (Å²) in [5.74, 6) is 0. The van der Waals surface area contributed by atoms with E-state index in [0.717, 1.165) is 39.1 Å². The van der Waals surface area contributed by atoms with Crippen LogP contribution >= 0.6 is 0 Å². The minimum atomic E-state index is -0.433. The molecule has 0 radical (unpaired) electrons. The minimum Gasteiger partial charge on any atom is -0.444 e. The van der Waals surface area contributed by atoms with Gasteiger partial charge in [-0.05, 0) is 58.4 Å². The Morgan fingerprint density at radius 1 is 1.35 bits per heavy atom. The molecule has 0 unspecified atom stereocenters. The van der Waals surface area contributed by atoms with Gasteiger partial charge < -0.3 is 19.7 Å². The molecule has 2 aliphatic rings. The summed E-state index contributed by atoms with van der Waals surface area (Å²) in [5, 5.41) is 3.69. The maximum Gasteiger partial charge on any atom is 0.410 e. The average molecular weight is 326 g/mol. The molecular formula is C18H34N2O3. The first-order chi connectivity index (χ1) is 10.7. The number of carbonyl (C=O) groups excluding carboxylic acids is 1. The number of likely N-dealkylation sites (tertiary alicyclic amines) is 1. The van der Waals surface area contributed by atoms with E-state index in [1.165, 1.54) is 12.8 Å². The van der Waals surface area contributed by atoms with E-state index >= 15 is 0 Å². The quantitative estimate of drug-likeness (QED) is 0.862. The maximum absolute atomic E-state index is 12.3. The Bertz CT molecular complexity index is 398. The van der Waals surface area contributed by atoms with Crippen LogP contribution in [0.3, 0.4) is 0 Å². The fraction of sp³-hybridized carbons (Fsp3) is 0.944. The number of hydrogen-bond acceptors (Lipinski definition) is 4. The Hall–Kier alpha value is -0.810. The summed E-state index contributed by atoms with van der Waals surface area (Å²) in [6, 6.07) is 0.433. The lowest BCUT2D eigenvalue weighted by molar-refractivity contribution is 0.00189. The molecule has 0 saturated carbocycles. The maximum atomic E-state index is 12.3. The first-order valence-electron chi connectivity index (χ1n) is 9.00. The molecule has 2 saturated heterocycles. The summed E-state index contributed by atoms with van der Waals surface area (Å²) in [6.45, 7) is 13.6. The molecule has 2 aliphatic heterocycles. The van der Waals surface area contributed by atoms with Crippen molar-refractivity contribution in [3.8, 4) is 0 Å². The van der Waals surface area contributed by atoms with Crippen molar-refractivity contribution >= 4 is 6.09 Å². The molecule has 23 heavy (non-hydrogen) atoms. The largest absolute Gasteiger partial charge is 0.444 e. The van der Waals surface area contributed by atoms with Crippen LogP contribution in [0.2, 0.25) is 0 Å². The molecule has 0 aromatic rings. The molecule has 1 N–H and O–H groups in total. The summed E-state index contributed by atoms with van der Waals surface area (Å²) in [4.78, 5) is 14.1. The van der Waals surface area contributed by atoms with Gasteiger partial charge in [0.1, 0.15) is 5.60 Å². The highest BCUT2D eigenvalue weighted by atomic mass is 16.6. The standard InChI is InChI=1S/C18H34N2O3/c1-17(2,3)23-16(21)20-11-9-15(18(4,5)13-20)19-10-8-14-7-6-12-22-14/h14-15,19H,6-13H2,1-5H3/t14-,15+/m1/s1. The van der Waals surface area contributed by atoms with Gasteiger partial charge in [0.2, 0.25) is 0 Å². The van der Waals surface area contributed by atoms with Gasteiger partial charge in [-0.1, -0.05) is 13.8 Å². The number of carbonyl (C=O) groups is 1. The Balaban J connectivity index is 1.78. The summed E-state index contributed by atoms with van der Waals surface area (Å²) in [5.41, 5.74) is -0.386. The van der Waals surface area contributed by atoms with Crippen molar-refractivity contribution in [2.75, 3.05) is 26.2 Å². The molecule has 5 nitrogen and oxygen atoms in total. The number of hydrogen-bond donors (Lipinski definition) is 1. The van der Waals surface area contributed by atoms with Gasteiger partial charge in [0.25, 0.3) is 0 Å².